The van der Waals surface area contributed by atoms with Crippen molar-refractivity contribution < 1.29 is 14.3 Å². The zero-order chi connectivity index (χ0) is 27.8. The molecule has 0 radical (unpaired) electrons. The van der Waals surface area contributed by atoms with Crippen molar-refractivity contribution in [3.63, 3.8) is 0 Å². The molecule has 4 rings (SSSR count). The highest BCUT2D eigenvalue weighted by Gasteiger charge is 2.33. The predicted octanol–water partition coefficient (Wildman–Crippen LogP) is 7.08. The molecule has 206 valence electrons. The first-order valence-electron chi connectivity index (χ1n) is 13.6. The highest BCUT2D eigenvalue weighted by molar-refractivity contribution is 6.36. The smallest absolute Gasteiger partial charge is 0.261 e. The monoisotopic (exact) mass is 566 g/mol. The standard InChI is InChI=1S/C32H36Cl2N2O3/c1-22-11-9-18-30(23(22)2)39-21-31(37)36(20-26-27(33)16-10-17-28(26)34)29(19-24-12-5-3-6-13-24)32(38)35-25-14-7-4-8-15-25/h3,5-6,9-13,16-18,25,29H,4,7-8,14-15,19-21H2,1-2H3,(H,35,38)/t29-/m1/s1. The molecule has 1 aliphatic rings. The van der Waals surface area contributed by atoms with Gasteiger partial charge in [0.2, 0.25) is 5.91 Å². The minimum Gasteiger partial charge on any atom is -0.483 e. The molecule has 1 saturated carbocycles. The third-order valence-electron chi connectivity index (χ3n) is 7.52. The zero-order valence-electron chi connectivity index (χ0n) is 22.6. The number of aryl methyl sites for hydroxylation is 1. The summed E-state index contributed by atoms with van der Waals surface area (Å²) in [5.74, 6) is 0.158. The summed E-state index contributed by atoms with van der Waals surface area (Å²) in [5, 5.41) is 4.13. The van der Waals surface area contributed by atoms with Gasteiger partial charge < -0.3 is 15.0 Å². The van der Waals surface area contributed by atoms with E-state index in [0.717, 1.165) is 42.4 Å². The minimum atomic E-state index is -0.767. The number of nitrogens with one attached hydrogen (secondary N) is 1. The lowest BCUT2D eigenvalue weighted by atomic mass is 9.94. The van der Waals surface area contributed by atoms with Gasteiger partial charge in [-0.3, -0.25) is 9.59 Å². The normalized spacial score (nSPS) is 14.5. The molecule has 0 aromatic heterocycles. The van der Waals surface area contributed by atoms with Gasteiger partial charge in [-0.1, -0.05) is 91.0 Å². The van der Waals surface area contributed by atoms with Crippen LogP contribution < -0.4 is 10.1 Å². The highest BCUT2D eigenvalue weighted by Crippen LogP contribution is 2.28. The fraction of sp³-hybridized carbons (Fsp3) is 0.375. The van der Waals surface area contributed by atoms with E-state index in [4.69, 9.17) is 27.9 Å². The number of rotatable bonds is 10. The summed E-state index contributed by atoms with van der Waals surface area (Å²) in [6, 6.07) is 20.1. The number of ether oxygens (including phenoxy) is 1. The molecule has 0 unspecified atom stereocenters. The molecule has 0 aliphatic heterocycles. The Kier molecular flexibility index (Phi) is 10.3. The Morgan fingerprint density at radius 3 is 2.28 bits per heavy atom. The quantitative estimate of drug-likeness (QED) is 0.285. The molecule has 1 atom stereocenters. The van der Waals surface area contributed by atoms with Crippen LogP contribution in [0.5, 0.6) is 5.75 Å². The number of carbonyl (C=O) groups is 2. The molecule has 2 amide bonds. The SMILES string of the molecule is Cc1cccc(OCC(=O)N(Cc2c(Cl)cccc2Cl)[C@H](Cc2ccccc2)C(=O)NC2CCCCC2)c1C. The summed E-state index contributed by atoms with van der Waals surface area (Å²) in [6.45, 7) is 3.84. The first-order valence-corrected chi connectivity index (χ1v) is 14.3. The number of benzene rings is 3. The molecule has 3 aromatic carbocycles. The van der Waals surface area contributed by atoms with Crippen LogP contribution in [0.4, 0.5) is 0 Å². The highest BCUT2D eigenvalue weighted by atomic mass is 35.5. The lowest BCUT2D eigenvalue weighted by molar-refractivity contribution is -0.143. The van der Waals surface area contributed by atoms with Crippen LogP contribution in [-0.4, -0.2) is 35.4 Å². The molecular formula is C32H36Cl2N2O3. The van der Waals surface area contributed by atoms with E-state index in [1.165, 1.54) is 6.42 Å². The molecule has 0 saturated heterocycles. The molecule has 39 heavy (non-hydrogen) atoms. The lowest BCUT2D eigenvalue weighted by Gasteiger charge is -2.34. The summed E-state index contributed by atoms with van der Waals surface area (Å²) in [5.41, 5.74) is 3.61. The van der Waals surface area contributed by atoms with Crippen molar-refractivity contribution in [2.45, 2.75) is 71.0 Å². The number of amides is 2. The van der Waals surface area contributed by atoms with Gasteiger partial charge in [0.1, 0.15) is 11.8 Å². The summed E-state index contributed by atoms with van der Waals surface area (Å²) < 4.78 is 6.00. The van der Waals surface area contributed by atoms with Gasteiger partial charge >= 0.3 is 0 Å². The van der Waals surface area contributed by atoms with E-state index >= 15 is 0 Å². The second-order valence-electron chi connectivity index (χ2n) is 10.3. The van der Waals surface area contributed by atoms with Crippen LogP contribution in [0, 0.1) is 13.8 Å². The number of nitrogens with zero attached hydrogens (tertiary/aromatic N) is 1. The third-order valence-corrected chi connectivity index (χ3v) is 8.23. The van der Waals surface area contributed by atoms with Crippen LogP contribution in [-0.2, 0) is 22.6 Å². The van der Waals surface area contributed by atoms with E-state index in [-0.39, 0.29) is 31.0 Å². The predicted molar refractivity (Wildman–Crippen MR) is 157 cm³/mol. The van der Waals surface area contributed by atoms with Gasteiger partial charge in [0.15, 0.2) is 6.61 Å². The van der Waals surface area contributed by atoms with Crippen LogP contribution in [0.2, 0.25) is 10.0 Å². The first kappa shape index (κ1) is 29.0. The Hall–Kier alpha value is -3.02. The fourth-order valence-corrected chi connectivity index (χ4v) is 5.57. The summed E-state index contributed by atoms with van der Waals surface area (Å²) >= 11 is 13.1. The molecular weight excluding hydrogens is 531 g/mol. The number of carbonyl (C=O) groups excluding carboxylic acids is 2. The van der Waals surface area contributed by atoms with Gasteiger partial charge in [0.25, 0.3) is 5.91 Å². The van der Waals surface area contributed by atoms with E-state index in [9.17, 15) is 9.59 Å². The second-order valence-corrected chi connectivity index (χ2v) is 11.1. The van der Waals surface area contributed by atoms with Crippen LogP contribution in [0.25, 0.3) is 0 Å². The Morgan fingerprint density at radius 2 is 1.59 bits per heavy atom. The Morgan fingerprint density at radius 1 is 0.923 bits per heavy atom. The minimum absolute atomic E-state index is 0.0864. The van der Waals surface area contributed by atoms with Gasteiger partial charge in [-0.2, -0.15) is 0 Å². The Bertz CT molecular complexity index is 1260. The van der Waals surface area contributed by atoms with Gasteiger partial charge in [-0.15, -0.1) is 0 Å². The zero-order valence-corrected chi connectivity index (χ0v) is 24.1. The van der Waals surface area contributed by atoms with E-state index in [2.05, 4.69) is 5.32 Å². The fourth-order valence-electron chi connectivity index (χ4n) is 5.05. The maximum Gasteiger partial charge on any atom is 0.261 e. The first-order chi connectivity index (χ1) is 18.8. The van der Waals surface area contributed by atoms with Crippen LogP contribution >= 0.6 is 23.2 Å². The third kappa shape index (κ3) is 7.77. The topological polar surface area (TPSA) is 58.6 Å². The maximum atomic E-state index is 13.9. The summed E-state index contributed by atoms with van der Waals surface area (Å²) in [6.07, 6.45) is 5.63. The van der Waals surface area contributed by atoms with Crippen molar-refractivity contribution in [2.75, 3.05) is 6.61 Å². The number of hydrogen-bond acceptors (Lipinski definition) is 3. The molecule has 1 fully saturated rings. The average molecular weight is 568 g/mol. The molecule has 1 aliphatic carbocycles. The maximum absolute atomic E-state index is 13.9. The molecule has 0 spiro atoms. The molecule has 5 nitrogen and oxygen atoms in total. The van der Waals surface area contributed by atoms with Crippen molar-refractivity contribution in [3.05, 3.63) is 99.0 Å². The van der Waals surface area contributed by atoms with Gasteiger partial charge in [-0.05, 0) is 61.6 Å². The van der Waals surface area contributed by atoms with Gasteiger partial charge in [0, 0.05) is 34.6 Å². The van der Waals surface area contributed by atoms with E-state index < -0.39 is 6.04 Å². The molecule has 7 heteroatoms. The molecule has 0 heterocycles. The van der Waals surface area contributed by atoms with Gasteiger partial charge in [-0.25, -0.2) is 0 Å². The van der Waals surface area contributed by atoms with Crippen molar-refractivity contribution in [1.29, 1.82) is 0 Å². The summed E-state index contributed by atoms with van der Waals surface area (Å²) in [4.78, 5) is 29.4. The van der Waals surface area contributed by atoms with Crippen LogP contribution in [0.1, 0.15) is 54.4 Å². The lowest BCUT2D eigenvalue weighted by Crippen LogP contribution is -2.53. The summed E-state index contributed by atoms with van der Waals surface area (Å²) in [7, 11) is 0. The van der Waals surface area contributed by atoms with E-state index in [0.29, 0.717) is 27.8 Å². The van der Waals surface area contributed by atoms with Crippen LogP contribution in [0.3, 0.4) is 0 Å². The largest absolute Gasteiger partial charge is 0.483 e. The molecule has 3 aromatic rings. The van der Waals surface area contributed by atoms with Crippen molar-refractivity contribution in [2.24, 2.45) is 0 Å². The van der Waals surface area contributed by atoms with E-state index in [1.807, 2.05) is 62.4 Å². The van der Waals surface area contributed by atoms with Crippen LogP contribution in [0.15, 0.2) is 66.7 Å². The second kappa shape index (κ2) is 13.9. The van der Waals surface area contributed by atoms with Crippen molar-refractivity contribution in [1.82, 2.24) is 10.2 Å². The number of halogens is 2. The van der Waals surface area contributed by atoms with Crippen molar-refractivity contribution in [3.8, 4) is 5.75 Å². The molecule has 1 N–H and O–H groups in total. The number of hydrogen-bond donors (Lipinski definition) is 1. The van der Waals surface area contributed by atoms with E-state index in [1.54, 1.807) is 23.1 Å². The Balaban J connectivity index is 1.66. The average Bonchev–Trinajstić information content (AvgIpc) is 2.94. The molecule has 0 bridgehead atoms. The van der Waals surface area contributed by atoms with Crippen molar-refractivity contribution >= 4 is 35.0 Å². The Labute approximate surface area is 241 Å². The van der Waals surface area contributed by atoms with Gasteiger partial charge in [0.05, 0.1) is 0 Å².